The number of unbranched alkanes of at least 4 members (excludes halogenated alkanes) is 34. The molecule has 0 saturated carbocycles. The molecular formula is C73H129NO8. The number of hydrogen-bond acceptors (Lipinski definition) is 8. The molecule has 82 heavy (non-hydrogen) atoms. The third-order valence-electron chi connectivity index (χ3n) is 14.9. The molecule has 0 aliphatic heterocycles. The van der Waals surface area contributed by atoms with Crippen LogP contribution in [0.15, 0.2) is 85.1 Å². The maximum Gasteiger partial charge on any atom is 0.306 e. The van der Waals surface area contributed by atoms with E-state index in [9.17, 15) is 19.5 Å². The second-order valence-corrected chi connectivity index (χ2v) is 24.1. The lowest BCUT2D eigenvalue weighted by molar-refractivity contribution is -0.870. The molecule has 0 N–H and O–H groups in total. The van der Waals surface area contributed by atoms with Crippen LogP contribution >= 0.6 is 0 Å². The molecule has 0 fully saturated rings. The van der Waals surface area contributed by atoms with E-state index >= 15 is 0 Å². The van der Waals surface area contributed by atoms with Crippen molar-refractivity contribution in [3.63, 3.8) is 0 Å². The van der Waals surface area contributed by atoms with Crippen molar-refractivity contribution >= 4 is 17.9 Å². The molecule has 0 aromatic rings. The van der Waals surface area contributed by atoms with Crippen LogP contribution in [0.3, 0.4) is 0 Å². The van der Waals surface area contributed by atoms with Crippen LogP contribution in [0.4, 0.5) is 0 Å². The van der Waals surface area contributed by atoms with E-state index in [1.165, 1.54) is 180 Å². The highest BCUT2D eigenvalue weighted by atomic mass is 16.7. The minimum atomic E-state index is -1.62. The summed E-state index contributed by atoms with van der Waals surface area (Å²) in [4.78, 5) is 37.4. The predicted molar refractivity (Wildman–Crippen MR) is 348 cm³/mol. The number of carbonyl (C=O) groups is 3. The van der Waals surface area contributed by atoms with Crippen molar-refractivity contribution < 1.29 is 42.9 Å². The van der Waals surface area contributed by atoms with Crippen molar-refractivity contribution in [3.8, 4) is 0 Å². The molecule has 2 atom stereocenters. The van der Waals surface area contributed by atoms with Crippen LogP contribution in [-0.2, 0) is 33.3 Å². The predicted octanol–water partition coefficient (Wildman–Crippen LogP) is 19.7. The monoisotopic (exact) mass is 1150 g/mol. The topological polar surface area (TPSA) is 111 Å². The third kappa shape index (κ3) is 64.0. The van der Waals surface area contributed by atoms with Gasteiger partial charge in [0.25, 0.3) is 0 Å². The molecule has 0 spiro atoms. The van der Waals surface area contributed by atoms with Gasteiger partial charge in [0.2, 0.25) is 0 Å². The Morgan fingerprint density at radius 3 is 1.05 bits per heavy atom. The van der Waals surface area contributed by atoms with Gasteiger partial charge in [-0.25, -0.2) is 0 Å². The van der Waals surface area contributed by atoms with Crippen LogP contribution in [0.25, 0.3) is 0 Å². The van der Waals surface area contributed by atoms with Gasteiger partial charge < -0.3 is 33.3 Å². The number of carboxylic acid groups (broad SMARTS) is 1. The fourth-order valence-electron chi connectivity index (χ4n) is 9.66. The fraction of sp³-hybridized carbons (Fsp3) is 0.767. The second-order valence-electron chi connectivity index (χ2n) is 24.1. The number of carbonyl (C=O) groups excluding carboxylic acids is 3. The molecule has 0 amide bonds. The molecule has 9 heteroatoms. The van der Waals surface area contributed by atoms with Gasteiger partial charge in [-0.05, 0) is 89.9 Å². The molecular weight excluding hydrogens is 1020 g/mol. The van der Waals surface area contributed by atoms with Crippen LogP contribution in [0.5, 0.6) is 0 Å². The van der Waals surface area contributed by atoms with Gasteiger partial charge in [-0.1, -0.05) is 285 Å². The molecule has 0 heterocycles. The van der Waals surface area contributed by atoms with Crippen LogP contribution in [0, 0.1) is 0 Å². The number of aliphatic carboxylic acids is 1. The SMILES string of the molecule is CC/C=C\C/C=C\C/C=C\C/C=C\C/C=C\C/C=C\CCCCCCCCCCCCCCCCCCCCCCCCC(=O)OC(COC(=O)CCCCCCC/C=C\CCCCCCCCC)COC(OCC[N+](C)(C)C)C(=O)[O-]. The number of likely N-dealkylation sites (N-methyl/N-ethyl adjacent to an activating group) is 1. The van der Waals surface area contributed by atoms with Gasteiger partial charge in [-0.3, -0.25) is 9.59 Å². The molecule has 474 valence electrons. The summed E-state index contributed by atoms with van der Waals surface area (Å²) >= 11 is 0. The summed E-state index contributed by atoms with van der Waals surface area (Å²) in [6.45, 7) is 4.65. The van der Waals surface area contributed by atoms with Crippen molar-refractivity contribution in [2.45, 2.75) is 315 Å². The van der Waals surface area contributed by atoms with Gasteiger partial charge in [0, 0.05) is 12.8 Å². The quantitative estimate of drug-likeness (QED) is 0.0195. The first-order chi connectivity index (χ1) is 40.1. The third-order valence-corrected chi connectivity index (χ3v) is 14.9. The number of quaternary nitrogens is 1. The van der Waals surface area contributed by atoms with E-state index in [1.54, 1.807) is 0 Å². The minimum Gasteiger partial charge on any atom is -0.545 e. The summed E-state index contributed by atoms with van der Waals surface area (Å²) in [7, 11) is 5.93. The van der Waals surface area contributed by atoms with E-state index in [2.05, 4.69) is 98.9 Å². The van der Waals surface area contributed by atoms with E-state index in [0.717, 1.165) is 89.9 Å². The number of rotatable bonds is 63. The van der Waals surface area contributed by atoms with E-state index in [4.69, 9.17) is 18.9 Å². The first-order valence-electron chi connectivity index (χ1n) is 34.2. The molecule has 0 aromatic carbocycles. The van der Waals surface area contributed by atoms with Crippen LogP contribution in [-0.4, -0.2) is 82.3 Å². The zero-order valence-electron chi connectivity index (χ0n) is 54.1. The zero-order chi connectivity index (χ0) is 59.8. The lowest BCUT2D eigenvalue weighted by Crippen LogP contribution is -2.44. The largest absolute Gasteiger partial charge is 0.545 e. The number of hydrogen-bond donors (Lipinski definition) is 0. The molecule has 0 radical (unpaired) electrons. The average Bonchev–Trinajstić information content (AvgIpc) is 3.45. The standard InChI is InChI=1S/C73H129NO8/c1-6-8-10-12-14-16-18-20-22-24-25-26-27-28-29-30-31-32-33-34-35-36-37-38-39-40-41-42-43-44-45-46-47-48-50-52-54-56-58-60-62-64-71(76)82-69(68-81-73(72(77)78)79-66-65-74(3,4)5)67-80-70(75)63-61-59-57-55-53-51-49-23-21-19-17-15-13-11-9-7-2/h8,10,14,16,20,22-23,25-26,28-29,31-32,49,69,73H,6-7,9,11-13,15,17-19,21,24,27,30,33-48,50-68H2,1-5H3/b10-8-,16-14-,22-20-,26-25-,29-28-,32-31-,49-23-. The Hall–Kier alpha value is -3.53. The number of allylic oxidation sites excluding steroid dienone is 14. The fourth-order valence-corrected chi connectivity index (χ4v) is 9.66. The van der Waals surface area contributed by atoms with Gasteiger partial charge >= 0.3 is 11.9 Å². The van der Waals surface area contributed by atoms with E-state index in [1.807, 2.05) is 21.1 Å². The number of esters is 2. The van der Waals surface area contributed by atoms with E-state index < -0.39 is 24.3 Å². The Balaban J connectivity index is 3.98. The lowest BCUT2D eigenvalue weighted by atomic mass is 10.0. The van der Waals surface area contributed by atoms with Gasteiger partial charge in [0.15, 0.2) is 12.4 Å². The lowest BCUT2D eigenvalue weighted by Gasteiger charge is -2.26. The van der Waals surface area contributed by atoms with Gasteiger partial charge in [0.05, 0.1) is 40.3 Å². The zero-order valence-corrected chi connectivity index (χ0v) is 54.1. The Morgan fingerprint density at radius 2 is 0.695 bits per heavy atom. The number of nitrogens with zero attached hydrogens (tertiary/aromatic N) is 1. The Morgan fingerprint density at radius 1 is 0.378 bits per heavy atom. The van der Waals surface area contributed by atoms with Crippen molar-refractivity contribution in [2.24, 2.45) is 0 Å². The minimum absolute atomic E-state index is 0.146. The molecule has 9 nitrogen and oxygen atoms in total. The summed E-state index contributed by atoms with van der Waals surface area (Å²) in [6.07, 6.45) is 82.5. The van der Waals surface area contributed by atoms with Crippen molar-refractivity contribution in [1.29, 1.82) is 0 Å². The normalized spacial score (nSPS) is 13.2. The first-order valence-corrected chi connectivity index (χ1v) is 34.2. The Kier molecular flexibility index (Phi) is 60.8. The molecule has 2 unspecified atom stereocenters. The maximum atomic E-state index is 12.9. The number of ether oxygens (including phenoxy) is 4. The molecule has 0 aromatic heterocycles. The smallest absolute Gasteiger partial charge is 0.306 e. The van der Waals surface area contributed by atoms with Crippen LogP contribution in [0.1, 0.15) is 303 Å². The van der Waals surface area contributed by atoms with Crippen molar-refractivity contribution in [1.82, 2.24) is 0 Å². The molecule has 0 rings (SSSR count). The van der Waals surface area contributed by atoms with Crippen molar-refractivity contribution in [3.05, 3.63) is 85.1 Å². The molecule has 0 bridgehead atoms. The Bertz CT molecular complexity index is 1620. The van der Waals surface area contributed by atoms with Gasteiger partial charge in [-0.2, -0.15) is 0 Å². The molecule has 0 saturated heterocycles. The second kappa shape index (κ2) is 63.5. The average molecular weight is 1150 g/mol. The first kappa shape index (κ1) is 78.5. The number of carboxylic acids is 1. The highest BCUT2D eigenvalue weighted by molar-refractivity contribution is 5.70. The molecule has 0 aliphatic carbocycles. The van der Waals surface area contributed by atoms with Crippen LogP contribution < -0.4 is 5.11 Å². The summed E-state index contributed by atoms with van der Waals surface area (Å²) in [5, 5.41) is 11.8. The van der Waals surface area contributed by atoms with Crippen LogP contribution in [0.2, 0.25) is 0 Å². The summed E-state index contributed by atoms with van der Waals surface area (Å²) < 4.78 is 22.7. The highest BCUT2D eigenvalue weighted by Crippen LogP contribution is 2.17. The summed E-state index contributed by atoms with van der Waals surface area (Å²) in [6, 6.07) is 0. The van der Waals surface area contributed by atoms with E-state index in [-0.39, 0.29) is 38.6 Å². The van der Waals surface area contributed by atoms with Gasteiger partial charge in [0.1, 0.15) is 13.2 Å². The summed E-state index contributed by atoms with van der Waals surface area (Å²) in [5.74, 6) is -2.28. The summed E-state index contributed by atoms with van der Waals surface area (Å²) in [5.41, 5.74) is 0. The maximum absolute atomic E-state index is 12.9. The van der Waals surface area contributed by atoms with Gasteiger partial charge in [-0.15, -0.1) is 0 Å². The Labute approximate surface area is 506 Å². The van der Waals surface area contributed by atoms with Crippen molar-refractivity contribution in [2.75, 3.05) is 47.5 Å². The molecule has 0 aliphatic rings. The highest BCUT2D eigenvalue weighted by Gasteiger charge is 2.22. The van der Waals surface area contributed by atoms with E-state index in [0.29, 0.717) is 17.4 Å².